The van der Waals surface area contributed by atoms with Gasteiger partial charge in [0.2, 0.25) is 0 Å². The molecule has 0 amide bonds. The van der Waals surface area contributed by atoms with E-state index < -0.39 is 0 Å². The van der Waals surface area contributed by atoms with Gasteiger partial charge in [0.1, 0.15) is 5.82 Å². The summed E-state index contributed by atoms with van der Waals surface area (Å²) < 4.78 is 13.4. The molecule has 0 saturated carbocycles. The first-order chi connectivity index (χ1) is 7.79. The van der Waals surface area contributed by atoms with Crippen LogP contribution in [0.1, 0.15) is 11.1 Å². The number of H-pyrrole nitrogens is 1. The molecule has 1 aromatic carbocycles. The maximum Gasteiger partial charge on any atom is 0.165 e. The second kappa shape index (κ2) is 5.14. The van der Waals surface area contributed by atoms with Crippen molar-refractivity contribution in [2.75, 3.05) is 0 Å². The topological polar surface area (TPSA) is 54.7 Å². The van der Waals surface area contributed by atoms with Crippen molar-refractivity contribution in [2.45, 2.75) is 17.5 Å². The first-order valence-corrected chi connectivity index (χ1v) is 5.87. The summed E-state index contributed by atoms with van der Waals surface area (Å²) in [5.74, 6) is 0.351. The van der Waals surface area contributed by atoms with E-state index in [2.05, 4.69) is 9.97 Å². The zero-order valence-electron chi connectivity index (χ0n) is 8.61. The molecule has 0 unspecified atom stereocenters. The number of rotatable bonds is 4. The summed E-state index contributed by atoms with van der Waals surface area (Å²) in [5, 5.41) is 0.789. The highest BCUT2D eigenvalue weighted by Crippen LogP contribution is 2.21. The Morgan fingerprint density at radius 1 is 1.44 bits per heavy atom. The summed E-state index contributed by atoms with van der Waals surface area (Å²) in [4.78, 5) is 7.02. The van der Waals surface area contributed by atoms with E-state index in [9.17, 15) is 4.39 Å². The summed E-state index contributed by atoms with van der Waals surface area (Å²) in [6, 6.07) is 4.96. The summed E-state index contributed by atoms with van der Waals surface area (Å²) in [5.41, 5.74) is 7.11. The highest BCUT2D eigenvalue weighted by molar-refractivity contribution is 7.98. The predicted molar refractivity (Wildman–Crippen MR) is 62.4 cm³/mol. The van der Waals surface area contributed by atoms with Crippen LogP contribution in [-0.4, -0.2) is 9.97 Å². The standard InChI is InChI=1S/C11H12FN3S/c12-10-2-1-8(6-13)5-9(10)7-16-11-14-3-4-15-11/h1-5H,6-7,13H2,(H,14,15). The van der Waals surface area contributed by atoms with Crippen LogP contribution in [0.2, 0.25) is 0 Å². The zero-order valence-corrected chi connectivity index (χ0v) is 9.43. The third kappa shape index (κ3) is 2.62. The van der Waals surface area contributed by atoms with Gasteiger partial charge in [0.15, 0.2) is 5.16 Å². The SMILES string of the molecule is NCc1ccc(F)c(CSc2ncc[nH]2)c1. The minimum Gasteiger partial charge on any atom is -0.340 e. The van der Waals surface area contributed by atoms with Crippen LogP contribution in [0.25, 0.3) is 0 Å². The predicted octanol–water partition coefficient (Wildman–Crippen LogP) is 2.30. The molecule has 0 bridgehead atoms. The Balaban J connectivity index is 2.08. The molecule has 0 aliphatic carbocycles. The fourth-order valence-corrected chi connectivity index (χ4v) is 2.14. The molecular formula is C11H12FN3S. The molecule has 84 valence electrons. The summed E-state index contributed by atoms with van der Waals surface area (Å²) in [6.07, 6.45) is 3.42. The van der Waals surface area contributed by atoms with Gasteiger partial charge in [-0.1, -0.05) is 23.9 Å². The Bertz CT molecular complexity index is 456. The van der Waals surface area contributed by atoms with Gasteiger partial charge in [0.25, 0.3) is 0 Å². The highest BCUT2D eigenvalue weighted by atomic mass is 32.2. The third-order valence-corrected chi connectivity index (χ3v) is 3.14. The lowest BCUT2D eigenvalue weighted by atomic mass is 10.1. The molecule has 0 fully saturated rings. The van der Waals surface area contributed by atoms with Crippen molar-refractivity contribution in [1.82, 2.24) is 9.97 Å². The first kappa shape index (κ1) is 11.2. The van der Waals surface area contributed by atoms with Crippen LogP contribution in [0.4, 0.5) is 4.39 Å². The van der Waals surface area contributed by atoms with Crippen LogP contribution < -0.4 is 5.73 Å². The van der Waals surface area contributed by atoms with E-state index >= 15 is 0 Å². The molecule has 0 aliphatic heterocycles. The number of imidazole rings is 1. The monoisotopic (exact) mass is 237 g/mol. The smallest absolute Gasteiger partial charge is 0.165 e. The molecular weight excluding hydrogens is 225 g/mol. The van der Waals surface area contributed by atoms with Crippen LogP contribution in [0.15, 0.2) is 35.7 Å². The molecule has 1 heterocycles. The first-order valence-electron chi connectivity index (χ1n) is 4.89. The van der Waals surface area contributed by atoms with Gasteiger partial charge in [-0.05, 0) is 17.2 Å². The summed E-state index contributed by atoms with van der Waals surface area (Å²) >= 11 is 1.47. The lowest BCUT2D eigenvalue weighted by molar-refractivity contribution is 0.616. The lowest BCUT2D eigenvalue weighted by Crippen LogP contribution is -1.98. The number of nitrogens with one attached hydrogen (secondary N) is 1. The molecule has 0 aliphatic rings. The number of nitrogens with zero attached hydrogens (tertiary/aromatic N) is 1. The fraction of sp³-hybridized carbons (Fsp3) is 0.182. The van der Waals surface area contributed by atoms with Crippen molar-refractivity contribution in [2.24, 2.45) is 5.73 Å². The third-order valence-electron chi connectivity index (χ3n) is 2.18. The maximum absolute atomic E-state index is 13.4. The molecule has 0 atom stereocenters. The van der Waals surface area contributed by atoms with Crippen LogP contribution in [0.5, 0.6) is 0 Å². The Hall–Kier alpha value is -1.33. The summed E-state index contributed by atoms with van der Waals surface area (Å²) in [7, 11) is 0. The quantitative estimate of drug-likeness (QED) is 0.802. The van der Waals surface area contributed by atoms with Crippen LogP contribution >= 0.6 is 11.8 Å². The molecule has 5 heteroatoms. The molecule has 0 spiro atoms. The van der Waals surface area contributed by atoms with E-state index in [1.54, 1.807) is 24.5 Å². The number of aromatic nitrogens is 2. The van der Waals surface area contributed by atoms with Gasteiger partial charge in [-0.15, -0.1) is 0 Å². The average Bonchev–Trinajstić information content (AvgIpc) is 2.81. The van der Waals surface area contributed by atoms with Crippen molar-refractivity contribution in [3.8, 4) is 0 Å². The fourth-order valence-electron chi connectivity index (χ4n) is 1.34. The normalized spacial score (nSPS) is 10.6. The number of nitrogens with two attached hydrogens (primary N) is 1. The molecule has 16 heavy (non-hydrogen) atoms. The van der Waals surface area contributed by atoms with Crippen molar-refractivity contribution >= 4 is 11.8 Å². The van der Waals surface area contributed by atoms with Crippen molar-refractivity contribution in [3.05, 3.63) is 47.5 Å². The Morgan fingerprint density at radius 2 is 2.31 bits per heavy atom. The maximum atomic E-state index is 13.4. The van der Waals surface area contributed by atoms with Gasteiger partial charge in [0, 0.05) is 24.7 Å². The van der Waals surface area contributed by atoms with Crippen LogP contribution in [-0.2, 0) is 12.3 Å². The van der Waals surface area contributed by atoms with Gasteiger partial charge in [-0.25, -0.2) is 9.37 Å². The van der Waals surface area contributed by atoms with E-state index in [1.165, 1.54) is 17.8 Å². The second-order valence-corrected chi connectivity index (χ2v) is 4.28. The van der Waals surface area contributed by atoms with Crippen molar-refractivity contribution < 1.29 is 4.39 Å². The molecule has 2 aromatic rings. The Morgan fingerprint density at radius 3 is 3.00 bits per heavy atom. The average molecular weight is 237 g/mol. The molecule has 3 N–H and O–H groups in total. The minimum atomic E-state index is -0.198. The number of hydrogen-bond donors (Lipinski definition) is 2. The second-order valence-electron chi connectivity index (χ2n) is 3.31. The largest absolute Gasteiger partial charge is 0.340 e. The molecule has 3 nitrogen and oxygen atoms in total. The van der Waals surface area contributed by atoms with Gasteiger partial charge >= 0.3 is 0 Å². The Kier molecular flexibility index (Phi) is 3.58. The van der Waals surface area contributed by atoms with E-state index in [0.717, 1.165) is 10.7 Å². The molecule has 1 aromatic heterocycles. The number of benzene rings is 1. The number of aromatic amines is 1. The minimum absolute atomic E-state index is 0.198. The van der Waals surface area contributed by atoms with Crippen molar-refractivity contribution in [3.63, 3.8) is 0 Å². The van der Waals surface area contributed by atoms with E-state index in [-0.39, 0.29) is 5.82 Å². The van der Waals surface area contributed by atoms with Gasteiger partial charge in [0.05, 0.1) is 0 Å². The molecule has 2 rings (SSSR count). The number of hydrogen-bond acceptors (Lipinski definition) is 3. The Labute approximate surface area is 97.3 Å². The number of thioether (sulfide) groups is 1. The number of halogens is 1. The van der Waals surface area contributed by atoms with Crippen molar-refractivity contribution in [1.29, 1.82) is 0 Å². The van der Waals surface area contributed by atoms with E-state index in [4.69, 9.17) is 5.73 Å². The van der Waals surface area contributed by atoms with Gasteiger partial charge in [-0.3, -0.25) is 0 Å². The lowest BCUT2D eigenvalue weighted by Gasteiger charge is -2.04. The molecule has 0 saturated heterocycles. The van der Waals surface area contributed by atoms with Crippen LogP contribution in [0.3, 0.4) is 0 Å². The zero-order chi connectivity index (χ0) is 11.4. The molecule has 0 radical (unpaired) electrons. The highest BCUT2D eigenvalue weighted by Gasteiger charge is 2.05. The van der Waals surface area contributed by atoms with E-state index in [0.29, 0.717) is 17.9 Å². The summed E-state index contributed by atoms with van der Waals surface area (Å²) in [6.45, 7) is 0.429. The van der Waals surface area contributed by atoms with Gasteiger partial charge in [-0.2, -0.15) is 0 Å². The van der Waals surface area contributed by atoms with Crippen LogP contribution in [0, 0.1) is 5.82 Å². The van der Waals surface area contributed by atoms with E-state index in [1.807, 2.05) is 0 Å². The van der Waals surface area contributed by atoms with Gasteiger partial charge < -0.3 is 10.7 Å².